The van der Waals surface area contributed by atoms with E-state index >= 15 is 0 Å². The lowest BCUT2D eigenvalue weighted by Crippen LogP contribution is -2.46. The van der Waals surface area contributed by atoms with Crippen LogP contribution < -0.4 is 0 Å². The number of nitrogens with zero attached hydrogens (tertiary/aromatic N) is 2. The molecule has 128 valence electrons. The summed E-state index contributed by atoms with van der Waals surface area (Å²) < 4.78 is 0. The van der Waals surface area contributed by atoms with E-state index in [0.29, 0.717) is 13.1 Å². The minimum absolute atomic E-state index is 0.0748. The van der Waals surface area contributed by atoms with Crippen LogP contribution in [0.1, 0.15) is 41.4 Å². The summed E-state index contributed by atoms with van der Waals surface area (Å²) in [6, 6.07) is 6.14. The molecule has 1 saturated heterocycles. The van der Waals surface area contributed by atoms with Crippen LogP contribution in [0.25, 0.3) is 10.9 Å². The van der Waals surface area contributed by atoms with Gasteiger partial charge in [-0.15, -0.1) is 0 Å². The van der Waals surface area contributed by atoms with Gasteiger partial charge in [-0.1, -0.05) is 12.1 Å². The zero-order valence-corrected chi connectivity index (χ0v) is 14.8. The van der Waals surface area contributed by atoms with E-state index < -0.39 is 0 Å². The Bertz CT molecular complexity index is 785. The molecule has 1 aliphatic heterocycles. The molecular weight excluding hydrogens is 302 g/mol. The standard InChI is InChI=1S/C19H25N3O2/c1-12-13(2)20-18-16(12)6-5-7-17(18)19(24)22-10-8-15(9-11-22)21(4)14(3)23/h5-7,15,20H,8-11H2,1-4H3. The van der Waals surface area contributed by atoms with Crippen molar-refractivity contribution in [2.45, 2.75) is 39.7 Å². The van der Waals surface area contributed by atoms with E-state index in [1.54, 1.807) is 11.8 Å². The number of likely N-dealkylation sites (tertiary alicyclic amines) is 1. The Kier molecular flexibility index (Phi) is 4.35. The third-order valence-corrected chi connectivity index (χ3v) is 5.37. The molecule has 1 fully saturated rings. The maximum atomic E-state index is 13.0. The number of nitrogens with one attached hydrogen (secondary N) is 1. The first-order valence-electron chi connectivity index (χ1n) is 8.50. The summed E-state index contributed by atoms with van der Waals surface area (Å²) in [5, 5.41) is 1.12. The fourth-order valence-electron chi connectivity index (χ4n) is 3.54. The van der Waals surface area contributed by atoms with Crippen LogP contribution in [0.2, 0.25) is 0 Å². The van der Waals surface area contributed by atoms with Gasteiger partial charge in [0.15, 0.2) is 0 Å². The number of fused-ring (bicyclic) bond motifs is 1. The highest BCUT2D eigenvalue weighted by Gasteiger charge is 2.27. The van der Waals surface area contributed by atoms with E-state index in [1.165, 1.54) is 5.56 Å². The Hall–Kier alpha value is -2.30. The summed E-state index contributed by atoms with van der Waals surface area (Å²) >= 11 is 0. The average Bonchev–Trinajstić information content (AvgIpc) is 2.88. The quantitative estimate of drug-likeness (QED) is 0.922. The molecule has 1 N–H and O–H groups in total. The fourth-order valence-corrected chi connectivity index (χ4v) is 3.54. The van der Waals surface area contributed by atoms with Crippen LogP contribution in [0.15, 0.2) is 18.2 Å². The minimum atomic E-state index is 0.0748. The SMILES string of the molecule is CC(=O)N(C)C1CCN(C(=O)c2cccc3c(C)c(C)[nH]c23)CC1. The number of benzene rings is 1. The van der Waals surface area contributed by atoms with Gasteiger partial charge in [0.05, 0.1) is 11.1 Å². The first kappa shape index (κ1) is 16.6. The zero-order chi connectivity index (χ0) is 17.4. The predicted octanol–water partition coefficient (Wildman–Crippen LogP) is 2.87. The number of aromatic amines is 1. The number of para-hydroxylation sites is 1. The number of rotatable bonds is 2. The molecule has 2 heterocycles. The van der Waals surface area contributed by atoms with Crippen LogP contribution in [0, 0.1) is 13.8 Å². The molecule has 0 bridgehead atoms. The molecule has 5 heteroatoms. The summed E-state index contributed by atoms with van der Waals surface area (Å²) in [4.78, 5) is 31.5. The third kappa shape index (κ3) is 2.79. The molecule has 0 spiro atoms. The van der Waals surface area contributed by atoms with Gasteiger partial charge in [0.2, 0.25) is 5.91 Å². The van der Waals surface area contributed by atoms with Crippen LogP contribution in [0.3, 0.4) is 0 Å². The largest absolute Gasteiger partial charge is 0.358 e. The summed E-state index contributed by atoms with van der Waals surface area (Å²) in [5.41, 5.74) is 3.97. The van der Waals surface area contributed by atoms with E-state index in [2.05, 4.69) is 18.0 Å². The lowest BCUT2D eigenvalue weighted by molar-refractivity contribution is -0.130. The number of aromatic nitrogens is 1. The van der Waals surface area contributed by atoms with Gasteiger partial charge >= 0.3 is 0 Å². The molecule has 0 radical (unpaired) electrons. The van der Waals surface area contributed by atoms with E-state index in [9.17, 15) is 9.59 Å². The van der Waals surface area contributed by atoms with Gasteiger partial charge in [-0.2, -0.15) is 0 Å². The number of aryl methyl sites for hydroxylation is 2. The van der Waals surface area contributed by atoms with Gasteiger partial charge < -0.3 is 14.8 Å². The Balaban J connectivity index is 1.79. The highest BCUT2D eigenvalue weighted by Crippen LogP contribution is 2.26. The highest BCUT2D eigenvalue weighted by atomic mass is 16.2. The fraction of sp³-hybridized carbons (Fsp3) is 0.474. The van der Waals surface area contributed by atoms with Crippen molar-refractivity contribution in [3.63, 3.8) is 0 Å². The summed E-state index contributed by atoms with van der Waals surface area (Å²) in [5.74, 6) is 0.160. The Morgan fingerprint density at radius 3 is 2.50 bits per heavy atom. The Morgan fingerprint density at radius 2 is 1.88 bits per heavy atom. The molecule has 0 unspecified atom stereocenters. The van der Waals surface area contributed by atoms with Crippen LogP contribution >= 0.6 is 0 Å². The number of amides is 2. The zero-order valence-electron chi connectivity index (χ0n) is 14.8. The molecule has 2 amide bonds. The first-order valence-corrected chi connectivity index (χ1v) is 8.50. The van der Waals surface area contributed by atoms with Gasteiger partial charge in [-0.05, 0) is 38.3 Å². The topological polar surface area (TPSA) is 56.4 Å². The van der Waals surface area contributed by atoms with Gasteiger partial charge in [-0.3, -0.25) is 9.59 Å². The van der Waals surface area contributed by atoms with Crippen molar-refractivity contribution in [2.24, 2.45) is 0 Å². The van der Waals surface area contributed by atoms with Crippen molar-refractivity contribution in [1.29, 1.82) is 0 Å². The molecule has 1 aliphatic rings. The molecule has 0 atom stereocenters. The summed E-state index contributed by atoms with van der Waals surface area (Å²) in [7, 11) is 1.84. The van der Waals surface area contributed by atoms with Gasteiger partial charge in [0.25, 0.3) is 5.91 Å². The maximum Gasteiger partial charge on any atom is 0.255 e. The van der Waals surface area contributed by atoms with E-state index in [0.717, 1.165) is 35.0 Å². The van der Waals surface area contributed by atoms with Gasteiger partial charge in [-0.25, -0.2) is 0 Å². The molecule has 3 rings (SSSR count). The number of piperidine rings is 1. The molecule has 5 nitrogen and oxygen atoms in total. The number of hydrogen-bond donors (Lipinski definition) is 1. The monoisotopic (exact) mass is 327 g/mol. The van der Waals surface area contributed by atoms with E-state index in [-0.39, 0.29) is 17.9 Å². The van der Waals surface area contributed by atoms with Crippen LogP contribution in [-0.4, -0.2) is 52.8 Å². The molecule has 1 aromatic carbocycles. The number of carbonyl (C=O) groups excluding carboxylic acids is 2. The predicted molar refractivity (Wildman–Crippen MR) is 95.1 cm³/mol. The second-order valence-corrected chi connectivity index (χ2v) is 6.76. The van der Waals surface area contributed by atoms with Crippen molar-refractivity contribution < 1.29 is 9.59 Å². The second-order valence-electron chi connectivity index (χ2n) is 6.76. The normalized spacial score (nSPS) is 15.8. The average molecular weight is 327 g/mol. The van der Waals surface area contributed by atoms with Gasteiger partial charge in [0, 0.05) is 44.2 Å². The van der Waals surface area contributed by atoms with Crippen molar-refractivity contribution in [1.82, 2.24) is 14.8 Å². The molecular formula is C19H25N3O2. The molecule has 24 heavy (non-hydrogen) atoms. The van der Waals surface area contributed by atoms with Crippen molar-refractivity contribution in [3.05, 3.63) is 35.0 Å². The van der Waals surface area contributed by atoms with Crippen molar-refractivity contribution >= 4 is 22.7 Å². The minimum Gasteiger partial charge on any atom is -0.358 e. The van der Waals surface area contributed by atoms with Gasteiger partial charge in [0.1, 0.15) is 0 Å². The summed E-state index contributed by atoms with van der Waals surface area (Å²) in [6.45, 7) is 7.08. The summed E-state index contributed by atoms with van der Waals surface area (Å²) in [6.07, 6.45) is 1.67. The van der Waals surface area contributed by atoms with E-state index in [4.69, 9.17) is 0 Å². The van der Waals surface area contributed by atoms with Crippen molar-refractivity contribution in [3.8, 4) is 0 Å². The highest BCUT2D eigenvalue weighted by molar-refractivity contribution is 6.06. The van der Waals surface area contributed by atoms with Crippen molar-refractivity contribution in [2.75, 3.05) is 20.1 Å². The molecule has 0 aliphatic carbocycles. The molecule has 0 saturated carbocycles. The maximum absolute atomic E-state index is 13.0. The smallest absolute Gasteiger partial charge is 0.255 e. The Labute approximate surface area is 142 Å². The van der Waals surface area contributed by atoms with Crippen LogP contribution in [-0.2, 0) is 4.79 Å². The number of hydrogen-bond acceptors (Lipinski definition) is 2. The first-order chi connectivity index (χ1) is 11.4. The number of carbonyl (C=O) groups is 2. The van der Waals surface area contributed by atoms with Crippen LogP contribution in [0.4, 0.5) is 0 Å². The Morgan fingerprint density at radius 1 is 1.21 bits per heavy atom. The van der Waals surface area contributed by atoms with E-state index in [1.807, 2.05) is 31.0 Å². The second kappa shape index (κ2) is 6.30. The molecule has 1 aromatic heterocycles. The van der Waals surface area contributed by atoms with Crippen LogP contribution in [0.5, 0.6) is 0 Å². The number of H-pyrrole nitrogens is 1. The lowest BCUT2D eigenvalue weighted by Gasteiger charge is -2.36. The third-order valence-electron chi connectivity index (χ3n) is 5.37. The molecule has 2 aromatic rings. The lowest BCUT2D eigenvalue weighted by atomic mass is 10.0.